The molecule has 1 unspecified atom stereocenters. The lowest BCUT2D eigenvalue weighted by Crippen LogP contribution is -2.48. The number of carboxylic acid groups (broad SMARTS) is 1. The molecule has 0 fully saturated rings. The number of aryl methyl sites for hydroxylation is 1. The number of carbonyl (C=O) groups is 2. The smallest absolute Gasteiger partial charge is 0.409 e. The van der Waals surface area contributed by atoms with Gasteiger partial charge in [-0.1, -0.05) is 0 Å². The van der Waals surface area contributed by atoms with Crippen LogP contribution in [0.15, 0.2) is 28.6 Å². The van der Waals surface area contributed by atoms with Crippen LogP contribution in [0.3, 0.4) is 0 Å². The van der Waals surface area contributed by atoms with Crippen LogP contribution in [0, 0.1) is 6.92 Å². The summed E-state index contributed by atoms with van der Waals surface area (Å²) in [6.45, 7) is 3.13. The number of hydrogen-bond acceptors (Lipinski definition) is 7. The first-order valence-corrected chi connectivity index (χ1v) is 10.4. The quantitative estimate of drug-likeness (QED) is 0.661. The van der Waals surface area contributed by atoms with E-state index in [1.54, 1.807) is 6.92 Å². The summed E-state index contributed by atoms with van der Waals surface area (Å²) in [7, 11) is -3.95. The number of nitrogens with one attached hydrogen (secondary N) is 2. The summed E-state index contributed by atoms with van der Waals surface area (Å²) in [5, 5.41) is 14.3. The number of benzene rings is 1. The summed E-state index contributed by atoms with van der Waals surface area (Å²) in [6.07, 6.45) is -0.599. The van der Waals surface area contributed by atoms with Crippen molar-refractivity contribution in [3.8, 4) is 5.75 Å². The number of thiazole rings is 1. The van der Waals surface area contributed by atoms with Crippen LogP contribution in [0.4, 0.5) is 16.2 Å². The summed E-state index contributed by atoms with van der Waals surface area (Å²) >= 11 is 1.04. The molecule has 2 aromatic rings. The molecule has 0 aliphatic carbocycles. The van der Waals surface area contributed by atoms with Gasteiger partial charge < -0.3 is 15.2 Å². The minimum atomic E-state index is -3.95. The van der Waals surface area contributed by atoms with E-state index in [0.29, 0.717) is 5.01 Å². The molecule has 150 valence electrons. The second-order valence-electron chi connectivity index (χ2n) is 6.02. The number of ether oxygens (including phenoxy) is 1. The van der Waals surface area contributed by atoms with Gasteiger partial charge in [0.1, 0.15) is 11.9 Å². The lowest BCUT2D eigenvalue weighted by Gasteiger charge is -2.35. The maximum Gasteiger partial charge on any atom is 0.409 e. The molecule has 0 bridgehead atoms. The molecule has 1 aliphatic heterocycles. The highest BCUT2D eigenvalue weighted by Crippen LogP contribution is 2.39. The fourth-order valence-electron chi connectivity index (χ4n) is 2.67. The Balaban J connectivity index is 2.02. The molecule has 1 aromatic heterocycles. The van der Waals surface area contributed by atoms with Crippen LogP contribution in [-0.4, -0.2) is 49.7 Å². The maximum atomic E-state index is 13.2. The van der Waals surface area contributed by atoms with Crippen LogP contribution in [-0.2, 0) is 14.8 Å². The van der Waals surface area contributed by atoms with Gasteiger partial charge in [0.25, 0.3) is 10.0 Å². The zero-order valence-corrected chi connectivity index (χ0v) is 16.6. The highest BCUT2D eigenvalue weighted by Gasteiger charge is 2.36. The number of nitrogens with zero attached hydrogens (tertiary/aromatic N) is 2. The van der Waals surface area contributed by atoms with Gasteiger partial charge in [-0.05, 0) is 25.1 Å². The number of amides is 2. The third kappa shape index (κ3) is 4.17. The molecular weight excluding hydrogens is 408 g/mol. The van der Waals surface area contributed by atoms with Crippen molar-refractivity contribution in [2.24, 2.45) is 0 Å². The van der Waals surface area contributed by atoms with Crippen LogP contribution in [0.1, 0.15) is 11.9 Å². The molecule has 12 heteroatoms. The second-order valence-corrected chi connectivity index (χ2v) is 9.35. The van der Waals surface area contributed by atoms with E-state index in [1.165, 1.54) is 31.3 Å². The van der Waals surface area contributed by atoms with Crippen molar-refractivity contribution in [3.05, 3.63) is 29.4 Å². The first kappa shape index (κ1) is 19.9. The number of fused-ring (bicyclic) bond motifs is 1. The number of anilines is 2. The summed E-state index contributed by atoms with van der Waals surface area (Å²) in [6, 6.07) is 4.35. The zero-order valence-electron chi connectivity index (χ0n) is 15.0. The molecule has 10 nitrogen and oxygen atoms in total. The van der Waals surface area contributed by atoms with Gasteiger partial charge in [-0.3, -0.25) is 14.4 Å². The van der Waals surface area contributed by atoms with Crippen LogP contribution in [0.2, 0.25) is 0 Å². The number of rotatable bonds is 5. The number of carbonyl (C=O) groups excluding carboxylic acids is 1. The predicted octanol–water partition coefficient (Wildman–Crippen LogP) is 1.63. The molecule has 0 saturated carbocycles. The number of sulfonamides is 1. The van der Waals surface area contributed by atoms with Crippen LogP contribution >= 0.6 is 11.3 Å². The minimum Gasteiger partial charge on any atom is -0.484 e. The Morgan fingerprint density at radius 2 is 2.18 bits per heavy atom. The summed E-state index contributed by atoms with van der Waals surface area (Å²) < 4.78 is 33.4. The van der Waals surface area contributed by atoms with E-state index in [2.05, 4.69) is 15.6 Å². The Bertz CT molecular complexity index is 1020. The fourth-order valence-corrected chi connectivity index (χ4v) is 5.40. The molecule has 2 heterocycles. The highest BCUT2D eigenvalue weighted by molar-refractivity contribution is 7.94. The van der Waals surface area contributed by atoms with E-state index in [-0.39, 0.29) is 40.3 Å². The van der Waals surface area contributed by atoms with E-state index >= 15 is 0 Å². The van der Waals surface area contributed by atoms with E-state index in [4.69, 9.17) is 9.84 Å². The van der Waals surface area contributed by atoms with Crippen LogP contribution in [0.5, 0.6) is 5.75 Å². The largest absolute Gasteiger partial charge is 0.484 e. The third-order valence-corrected chi connectivity index (χ3v) is 6.99. The van der Waals surface area contributed by atoms with Crippen molar-refractivity contribution in [1.82, 2.24) is 10.3 Å². The van der Waals surface area contributed by atoms with Gasteiger partial charge in [0, 0.05) is 12.6 Å². The van der Waals surface area contributed by atoms with Gasteiger partial charge in [-0.25, -0.2) is 18.2 Å². The summed E-state index contributed by atoms with van der Waals surface area (Å²) in [5.41, 5.74) is 0.409. The number of aromatic nitrogens is 1. The van der Waals surface area contributed by atoms with Gasteiger partial charge in [0.05, 0.1) is 30.0 Å². The first-order valence-electron chi connectivity index (χ1n) is 8.17. The maximum absolute atomic E-state index is 13.2. The van der Waals surface area contributed by atoms with Crippen molar-refractivity contribution in [3.63, 3.8) is 0 Å². The molecule has 1 aromatic carbocycles. The number of hydrogen-bond donors (Lipinski definition) is 3. The Morgan fingerprint density at radius 3 is 2.79 bits per heavy atom. The standard InChI is InChI=1S/C16H18N4O6S2/c1-9(21)17-6-12-8-20(28(24,25)15-7-18-10(2)27-15)13-5-11(19-16(22)23)3-4-14(13)26-12/h3-5,7,12,19H,6,8H2,1-2H3,(H,17,21)(H,22,23). The van der Waals surface area contributed by atoms with E-state index in [1.807, 2.05) is 0 Å². The van der Waals surface area contributed by atoms with Crippen molar-refractivity contribution in [2.45, 2.75) is 24.2 Å². The molecule has 1 aliphatic rings. The van der Waals surface area contributed by atoms with E-state index < -0.39 is 22.2 Å². The van der Waals surface area contributed by atoms with Gasteiger partial charge in [-0.15, -0.1) is 11.3 Å². The second kappa shape index (κ2) is 7.64. The Morgan fingerprint density at radius 1 is 1.43 bits per heavy atom. The molecule has 2 amide bonds. The Hall–Kier alpha value is -2.86. The SMILES string of the molecule is CC(=O)NCC1CN(S(=O)(=O)c2cnc(C)s2)c2cc(NC(=O)O)ccc2O1. The van der Waals surface area contributed by atoms with Gasteiger partial charge in [0.15, 0.2) is 4.21 Å². The molecule has 1 atom stereocenters. The Kier molecular flexibility index (Phi) is 5.42. The predicted molar refractivity (Wildman–Crippen MR) is 103 cm³/mol. The molecule has 28 heavy (non-hydrogen) atoms. The molecular formula is C16H18N4O6S2. The van der Waals surface area contributed by atoms with Crippen LogP contribution < -0.4 is 19.7 Å². The highest BCUT2D eigenvalue weighted by atomic mass is 32.2. The molecule has 3 rings (SSSR count). The Labute approximate surface area is 165 Å². The van der Waals surface area contributed by atoms with Crippen molar-refractivity contribution >= 4 is 44.7 Å². The van der Waals surface area contributed by atoms with Crippen molar-refractivity contribution in [2.75, 3.05) is 22.7 Å². The van der Waals surface area contributed by atoms with Crippen molar-refractivity contribution < 1.29 is 27.9 Å². The molecule has 0 spiro atoms. The average molecular weight is 426 g/mol. The molecule has 0 saturated heterocycles. The lowest BCUT2D eigenvalue weighted by atomic mass is 10.2. The third-order valence-electron chi connectivity index (χ3n) is 3.87. The van der Waals surface area contributed by atoms with E-state index in [9.17, 15) is 18.0 Å². The average Bonchev–Trinajstić information content (AvgIpc) is 3.06. The van der Waals surface area contributed by atoms with Gasteiger partial charge in [0.2, 0.25) is 5.91 Å². The first-order chi connectivity index (χ1) is 13.2. The molecule has 0 radical (unpaired) electrons. The minimum absolute atomic E-state index is 0.0525. The topological polar surface area (TPSA) is 138 Å². The lowest BCUT2D eigenvalue weighted by molar-refractivity contribution is -0.119. The zero-order chi connectivity index (χ0) is 20.5. The summed E-state index contributed by atoms with van der Waals surface area (Å²) in [5.74, 6) is 0.00486. The monoisotopic (exact) mass is 426 g/mol. The van der Waals surface area contributed by atoms with Gasteiger partial charge >= 0.3 is 6.09 Å². The van der Waals surface area contributed by atoms with E-state index in [0.717, 1.165) is 15.6 Å². The normalized spacial score (nSPS) is 16.1. The van der Waals surface area contributed by atoms with Gasteiger partial charge in [-0.2, -0.15) is 0 Å². The fraction of sp³-hybridized carbons (Fsp3) is 0.312. The summed E-state index contributed by atoms with van der Waals surface area (Å²) in [4.78, 5) is 26.1. The van der Waals surface area contributed by atoms with Crippen LogP contribution in [0.25, 0.3) is 0 Å². The van der Waals surface area contributed by atoms with Crippen molar-refractivity contribution in [1.29, 1.82) is 0 Å². The molecule has 3 N–H and O–H groups in total.